The summed E-state index contributed by atoms with van der Waals surface area (Å²) in [5.74, 6) is 1.72. The van der Waals surface area contributed by atoms with Crippen LogP contribution in [-0.4, -0.2) is 15.1 Å². The Bertz CT molecular complexity index is 755. The van der Waals surface area contributed by atoms with Crippen molar-refractivity contribution in [2.24, 2.45) is 0 Å². The van der Waals surface area contributed by atoms with Crippen molar-refractivity contribution in [2.75, 3.05) is 5.32 Å². The predicted molar refractivity (Wildman–Crippen MR) is 80.2 cm³/mol. The van der Waals surface area contributed by atoms with Gasteiger partial charge in [-0.15, -0.1) is 11.3 Å². The Kier molecular flexibility index (Phi) is 3.17. The molecule has 5 nitrogen and oxygen atoms in total. The average molecular weight is 288 g/mol. The fraction of sp³-hybridized carbons (Fsp3) is 0.357. The largest absolute Gasteiger partial charge is 0.365 e. The first-order chi connectivity index (χ1) is 9.58. The molecule has 0 unspecified atom stereocenters. The summed E-state index contributed by atoms with van der Waals surface area (Å²) in [4.78, 5) is 11.0. The SMILES string of the molecule is Cc1noc(C)c1CNc1ncnc2sc(C)c(C)c12. The molecule has 3 aromatic rings. The zero-order chi connectivity index (χ0) is 14.3. The van der Waals surface area contributed by atoms with Crippen molar-refractivity contribution in [3.63, 3.8) is 0 Å². The van der Waals surface area contributed by atoms with E-state index in [-0.39, 0.29) is 0 Å². The van der Waals surface area contributed by atoms with E-state index >= 15 is 0 Å². The van der Waals surface area contributed by atoms with Crippen molar-refractivity contribution in [3.05, 3.63) is 33.8 Å². The van der Waals surface area contributed by atoms with E-state index in [0.717, 1.165) is 33.1 Å². The molecule has 6 heteroatoms. The maximum atomic E-state index is 5.18. The highest BCUT2D eigenvalue weighted by Crippen LogP contribution is 2.32. The number of hydrogen-bond acceptors (Lipinski definition) is 6. The normalized spacial score (nSPS) is 11.2. The van der Waals surface area contributed by atoms with Gasteiger partial charge in [-0.1, -0.05) is 5.16 Å². The minimum atomic E-state index is 0.654. The molecule has 0 aliphatic carbocycles. The second-order valence-corrected chi connectivity index (χ2v) is 6.05. The molecule has 0 amide bonds. The predicted octanol–water partition coefficient (Wildman–Crippen LogP) is 3.53. The van der Waals surface area contributed by atoms with E-state index in [1.807, 2.05) is 13.8 Å². The number of aryl methyl sites for hydroxylation is 4. The maximum absolute atomic E-state index is 5.18. The molecule has 0 bridgehead atoms. The summed E-state index contributed by atoms with van der Waals surface area (Å²) in [5, 5.41) is 8.46. The summed E-state index contributed by atoms with van der Waals surface area (Å²) < 4.78 is 5.18. The first kappa shape index (κ1) is 13.1. The lowest BCUT2D eigenvalue weighted by molar-refractivity contribution is 0.392. The number of nitrogens with one attached hydrogen (secondary N) is 1. The fourth-order valence-corrected chi connectivity index (χ4v) is 3.24. The van der Waals surface area contributed by atoms with Crippen molar-refractivity contribution in [1.29, 1.82) is 0 Å². The lowest BCUT2D eigenvalue weighted by Gasteiger charge is -2.07. The number of aromatic nitrogens is 3. The van der Waals surface area contributed by atoms with Gasteiger partial charge in [-0.05, 0) is 33.3 Å². The van der Waals surface area contributed by atoms with Crippen molar-refractivity contribution in [2.45, 2.75) is 34.2 Å². The van der Waals surface area contributed by atoms with Gasteiger partial charge in [-0.2, -0.15) is 0 Å². The highest BCUT2D eigenvalue weighted by molar-refractivity contribution is 7.18. The maximum Gasteiger partial charge on any atom is 0.138 e. The molecule has 0 aromatic carbocycles. The molecule has 0 saturated carbocycles. The molecule has 20 heavy (non-hydrogen) atoms. The average Bonchev–Trinajstić information content (AvgIpc) is 2.89. The smallest absolute Gasteiger partial charge is 0.138 e. The second-order valence-electron chi connectivity index (χ2n) is 4.84. The molecule has 0 fully saturated rings. The molecule has 0 atom stereocenters. The summed E-state index contributed by atoms with van der Waals surface area (Å²) in [6.07, 6.45) is 1.60. The highest BCUT2D eigenvalue weighted by Gasteiger charge is 2.13. The van der Waals surface area contributed by atoms with Gasteiger partial charge < -0.3 is 9.84 Å². The van der Waals surface area contributed by atoms with Crippen LogP contribution in [0.5, 0.6) is 0 Å². The van der Waals surface area contributed by atoms with Crippen molar-refractivity contribution < 1.29 is 4.52 Å². The van der Waals surface area contributed by atoms with Crippen LogP contribution in [0.4, 0.5) is 5.82 Å². The fourth-order valence-electron chi connectivity index (χ4n) is 2.24. The molecule has 0 aliphatic rings. The molecular weight excluding hydrogens is 272 g/mol. The van der Waals surface area contributed by atoms with Gasteiger partial charge in [0, 0.05) is 17.0 Å². The van der Waals surface area contributed by atoms with Gasteiger partial charge in [0.2, 0.25) is 0 Å². The molecule has 0 saturated heterocycles. The molecule has 3 rings (SSSR count). The number of anilines is 1. The molecule has 0 spiro atoms. The number of hydrogen-bond donors (Lipinski definition) is 1. The van der Waals surface area contributed by atoms with E-state index in [1.165, 1.54) is 10.4 Å². The van der Waals surface area contributed by atoms with Gasteiger partial charge in [0.1, 0.15) is 22.7 Å². The minimum absolute atomic E-state index is 0.654. The third kappa shape index (κ3) is 2.06. The molecule has 0 aliphatic heterocycles. The number of thiophene rings is 1. The minimum Gasteiger partial charge on any atom is -0.365 e. The zero-order valence-corrected chi connectivity index (χ0v) is 12.8. The highest BCUT2D eigenvalue weighted by atomic mass is 32.1. The molecule has 1 N–H and O–H groups in total. The van der Waals surface area contributed by atoms with Crippen LogP contribution in [0.3, 0.4) is 0 Å². The summed E-state index contributed by atoms with van der Waals surface area (Å²) >= 11 is 1.70. The monoisotopic (exact) mass is 288 g/mol. The Hall–Kier alpha value is -1.95. The lowest BCUT2D eigenvalue weighted by atomic mass is 10.2. The van der Waals surface area contributed by atoms with Gasteiger partial charge in [0.25, 0.3) is 0 Å². The summed E-state index contributed by atoms with van der Waals surface area (Å²) in [6, 6.07) is 0. The van der Waals surface area contributed by atoms with E-state index in [1.54, 1.807) is 17.7 Å². The van der Waals surface area contributed by atoms with E-state index < -0.39 is 0 Å². The number of nitrogens with zero attached hydrogens (tertiary/aromatic N) is 3. The van der Waals surface area contributed by atoms with Gasteiger partial charge in [-0.3, -0.25) is 0 Å². The van der Waals surface area contributed by atoms with Crippen LogP contribution in [-0.2, 0) is 6.54 Å². The zero-order valence-electron chi connectivity index (χ0n) is 11.9. The lowest BCUT2D eigenvalue weighted by Crippen LogP contribution is -2.04. The van der Waals surface area contributed by atoms with E-state index in [9.17, 15) is 0 Å². The van der Waals surface area contributed by atoms with Gasteiger partial charge in [0.15, 0.2) is 0 Å². The van der Waals surface area contributed by atoms with Crippen LogP contribution in [0.2, 0.25) is 0 Å². The summed E-state index contributed by atoms with van der Waals surface area (Å²) in [6.45, 7) is 8.75. The first-order valence-corrected chi connectivity index (χ1v) is 7.26. The Morgan fingerprint density at radius 3 is 2.70 bits per heavy atom. The van der Waals surface area contributed by atoms with Crippen LogP contribution < -0.4 is 5.32 Å². The van der Waals surface area contributed by atoms with Crippen molar-refractivity contribution in [3.8, 4) is 0 Å². The molecular formula is C14H16N4OS. The van der Waals surface area contributed by atoms with Crippen LogP contribution >= 0.6 is 11.3 Å². The van der Waals surface area contributed by atoms with Gasteiger partial charge in [0.05, 0.1) is 11.1 Å². The second kappa shape index (κ2) is 4.86. The molecule has 104 valence electrons. The van der Waals surface area contributed by atoms with Crippen LogP contribution in [0, 0.1) is 27.7 Å². The van der Waals surface area contributed by atoms with E-state index in [2.05, 4.69) is 34.3 Å². The molecule has 3 heterocycles. The number of fused-ring (bicyclic) bond motifs is 1. The Morgan fingerprint density at radius 1 is 1.20 bits per heavy atom. The summed E-state index contributed by atoms with van der Waals surface area (Å²) in [7, 11) is 0. The van der Waals surface area contributed by atoms with E-state index in [4.69, 9.17) is 4.52 Å². The quantitative estimate of drug-likeness (QED) is 0.798. The molecule has 0 radical (unpaired) electrons. The van der Waals surface area contributed by atoms with Crippen molar-refractivity contribution in [1.82, 2.24) is 15.1 Å². The van der Waals surface area contributed by atoms with Crippen molar-refractivity contribution >= 4 is 27.4 Å². The van der Waals surface area contributed by atoms with Crippen LogP contribution in [0.25, 0.3) is 10.2 Å². The Morgan fingerprint density at radius 2 is 2.00 bits per heavy atom. The number of rotatable bonds is 3. The molecule has 3 aromatic heterocycles. The van der Waals surface area contributed by atoms with Crippen LogP contribution in [0.15, 0.2) is 10.9 Å². The summed E-state index contributed by atoms with van der Waals surface area (Å²) in [5.41, 5.74) is 3.24. The topological polar surface area (TPSA) is 63.8 Å². The third-order valence-corrected chi connectivity index (χ3v) is 4.69. The van der Waals surface area contributed by atoms with Crippen LogP contribution in [0.1, 0.15) is 27.5 Å². The first-order valence-electron chi connectivity index (χ1n) is 6.44. The van der Waals surface area contributed by atoms with Gasteiger partial charge >= 0.3 is 0 Å². The Balaban J connectivity index is 1.95. The standard InChI is InChI=1S/C14H16N4OS/c1-7-10(4)20-14-12(7)13(16-6-17-14)15-5-11-8(2)18-19-9(11)3/h6H,5H2,1-4H3,(H,15,16,17). The van der Waals surface area contributed by atoms with E-state index in [0.29, 0.717) is 6.54 Å². The Labute approximate surface area is 121 Å². The van der Waals surface area contributed by atoms with Gasteiger partial charge in [-0.25, -0.2) is 9.97 Å². The third-order valence-electron chi connectivity index (χ3n) is 3.58.